The first-order valence-electron chi connectivity index (χ1n) is 9.16. The monoisotopic (exact) mass is 443 g/mol. The van der Waals surface area contributed by atoms with Crippen LogP contribution in [0.2, 0.25) is 5.02 Å². The van der Waals surface area contributed by atoms with Gasteiger partial charge in [-0.15, -0.1) is 0 Å². The summed E-state index contributed by atoms with van der Waals surface area (Å²) in [6.07, 6.45) is 3.35. The predicted octanol–water partition coefficient (Wildman–Crippen LogP) is 3.99. The van der Waals surface area contributed by atoms with Gasteiger partial charge < -0.3 is 9.26 Å². The molecule has 0 fully saturated rings. The molecule has 30 heavy (non-hydrogen) atoms. The lowest BCUT2D eigenvalue weighted by Crippen LogP contribution is -2.25. The fraction of sp³-hybridized carbons (Fsp3) is 0.250. The number of methoxy groups -OCH3 is 1. The van der Waals surface area contributed by atoms with Gasteiger partial charge >= 0.3 is 0 Å². The average Bonchev–Trinajstić information content (AvgIpc) is 3.24. The summed E-state index contributed by atoms with van der Waals surface area (Å²) in [5.41, 5.74) is 1.16. The molecule has 1 atom stereocenters. The summed E-state index contributed by atoms with van der Waals surface area (Å²) in [6, 6.07) is 8.72. The minimum atomic E-state index is -0.236. The summed E-state index contributed by atoms with van der Waals surface area (Å²) < 4.78 is 12.2. The van der Waals surface area contributed by atoms with Gasteiger partial charge in [-0.1, -0.05) is 28.5 Å². The van der Waals surface area contributed by atoms with Crippen LogP contribution < -0.4 is 5.56 Å². The van der Waals surface area contributed by atoms with Crippen LogP contribution in [-0.4, -0.2) is 38.4 Å². The molecule has 1 aromatic carbocycles. The van der Waals surface area contributed by atoms with E-state index in [0.717, 1.165) is 5.56 Å². The highest BCUT2D eigenvalue weighted by atomic mass is 35.5. The van der Waals surface area contributed by atoms with Crippen LogP contribution in [0.4, 0.5) is 0 Å². The van der Waals surface area contributed by atoms with E-state index in [1.807, 2.05) is 19.1 Å². The fourth-order valence-corrected chi connectivity index (χ4v) is 4.00. The number of pyridine rings is 1. The zero-order chi connectivity index (χ0) is 21.1. The Bertz CT molecular complexity index is 1230. The van der Waals surface area contributed by atoms with Gasteiger partial charge in [0.25, 0.3) is 5.56 Å². The lowest BCUT2D eigenvalue weighted by Gasteiger charge is -2.14. The molecule has 4 aromatic rings. The maximum atomic E-state index is 13.0. The number of hydrogen-bond acceptors (Lipinski definition) is 8. The molecule has 4 rings (SSSR count). The summed E-state index contributed by atoms with van der Waals surface area (Å²) in [5, 5.41) is 5.35. The third-order valence-corrected chi connectivity index (χ3v) is 5.71. The molecule has 8 nitrogen and oxygen atoms in total. The van der Waals surface area contributed by atoms with E-state index in [9.17, 15) is 4.79 Å². The molecule has 3 heterocycles. The normalized spacial score (nSPS) is 12.4. The first-order valence-corrected chi connectivity index (χ1v) is 10.4. The summed E-state index contributed by atoms with van der Waals surface area (Å²) in [7, 11) is 1.59. The zero-order valence-electron chi connectivity index (χ0n) is 16.3. The van der Waals surface area contributed by atoms with E-state index in [0.29, 0.717) is 45.9 Å². The van der Waals surface area contributed by atoms with E-state index in [1.165, 1.54) is 11.8 Å². The van der Waals surface area contributed by atoms with Gasteiger partial charge in [-0.2, -0.15) is 4.98 Å². The molecular formula is C20H18ClN5O3S. The Balaban J connectivity index is 1.68. The molecule has 0 aliphatic rings. The van der Waals surface area contributed by atoms with Crippen LogP contribution in [0.25, 0.3) is 22.3 Å². The summed E-state index contributed by atoms with van der Waals surface area (Å²) in [5.74, 6) is 0.887. The number of aromatic nitrogens is 5. The van der Waals surface area contributed by atoms with E-state index in [4.69, 9.17) is 20.9 Å². The molecule has 3 aromatic heterocycles. The fourth-order valence-electron chi connectivity index (χ4n) is 2.86. The highest BCUT2D eigenvalue weighted by Crippen LogP contribution is 2.34. The maximum Gasteiger partial charge on any atom is 0.262 e. The van der Waals surface area contributed by atoms with Gasteiger partial charge in [-0.3, -0.25) is 14.3 Å². The smallest absolute Gasteiger partial charge is 0.262 e. The molecular weight excluding hydrogens is 426 g/mol. The molecule has 0 spiro atoms. The average molecular weight is 444 g/mol. The number of nitrogens with zero attached hydrogens (tertiary/aromatic N) is 5. The van der Waals surface area contributed by atoms with Crippen LogP contribution in [0.5, 0.6) is 0 Å². The van der Waals surface area contributed by atoms with E-state index in [-0.39, 0.29) is 10.8 Å². The second-order valence-corrected chi connectivity index (χ2v) is 8.21. The summed E-state index contributed by atoms with van der Waals surface area (Å²) in [6.45, 7) is 2.68. The molecule has 0 radical (unpaired) electrons. The Morgan fingerprint density at radius 2 is 2.17 bits per heavy atom. The van der Waals surface area contributed by atoms with Crippen molar-refractivity contribution >= 4 is 34.3 Å². The molecule has 0 saturated heterocycles. The minimum Gasteiger partial charge on any atom is -0.383 e. The standard InChI is InChI=1S/C20H18ClN5O3S/c1-12(18-24-17(25-29-18)13-4-3-7-22-11-13)30-20-23-16-10-14(21)5-6-15(16)19(27)26(20)8-9-28-2/h3-7,10-12H,8-9H2,1-2H3. The number of hydrogen-bond donors (Lipinski definition) is 0. The third-order valence-electron chi connectivity index (χ3n) is 4.39. The molecule has 0 amide bonds. The molecule has 0 N–H and O–H groups in total. The number of halogens is 1. The molecule has 0 aliphatic heterocycles. The topological polar surface area (TPSA) is 95.9 Å². The van der Waals surface area contributed by atoms with Gasteiger partial charge in [0.05, 0.1) is 29.3 Å². The Morgan fingerprint density at radius 1 is 1.30 bits per heavy atom. The second-order valence-electron chi connectivity index (χ2n) is 6.46. The minimum absolute atomic E-state index is 0.148. The van der Waals surface area contributed by atoms with Gasteiger partial charge in [0.2, 0.25) is 11.7 Å². The first-order chi connectivity index (χ1) is 14.6. The second kappa shape index (κ2) is 8.95. The Kier molecular flexibility index (Phi) is 6.12. The van der Waals surface area contributed by atoms with Gasteiger partial charge in [0.15, 0.2) is 5.16 Å². The zero-order valence-corrected chi connectivity index (χ0v) is 17.9. The van der Waals surface area contributed by atoms with Crippen molar-refractivity contribution in [2.75, 3.05) is 13.7 Å². The molecule has 0 saturated carbocycles. The molecule has 10 heteroatoms. The van der Waals surface area contributed by atoms with Crippen molar-refractivity contribution < 1.29 is 9.26 Å². The van der Waals surface area contributed by atoms with Gasteiger partial charge in [-0.25, -0.2) is 4.98 Å². The number of fused-ring (bicyclic) bond motifs is 1. The number of ether oxygens (including phenoxy) is 1. The van der Waals surface area contributed by atoms with Crippen molar-refractivity contribution in [3.63, 3.8) is 0 Å². The van der Waals surface area contributed by atoms with Crippen LogP contribution in [0.15, 0.2) is 57.2 Å². The van der Waals surface area contributed by atoms with Crippen molar-refractivity contribution in [1.82, 2.24) is 24.7 Å². The third kappa shape index (κ3) is 4.23. The number of rotatable bonds is 7. The molecule has 154 valence electrons. The van der Waals surface area contributed by atoms with Crippen LogP contribution in [0, 0.1) is 0 Å². The lowest BCUT2D eigenvalue weighted by molar-refractivity contribution is 0.183. The Morgan fingerprint density at radius 3 is 2.93 bits per heavy atom. The first kappa shape index (κ1) is 20.5. The predicted molar refractivity (Wildman–Crippen MR) is 115 cm³/mol. The quantitative estimate of drug-likeness (QED) is 0.312. The van der Waals surface area contributed by atoms with E-state index >= 15 is 0 Å². The van der Waals surface area contributed by atoms with Crippen LogP contribution in [0.3, 0.4) is 0 Å². The van der Waals surface area contributed by atoms with E-state index in [1.54, 1.807) is 42.3 Å². The molecule has 1 unspecified atom stereocenters. The summed E-state index contributed by atoms with van der Waals surface area (Å²) >= 11 is 7.45. The van der Waals surface area contributed by atoms with Crippen LogP contribution >= 0.6 is 23.4 Å². The number of benzene rings is 1. The van der Waals surface area contributed by atoms with E-state index in [2.05, 4.69) is 20.1 Å². The molecule has 0 bridgehead atoms. The Hall–Kier alpha value is -2.75. The van der Waals surface area contributed by atoms with Crippen molar-refractivity contribution in [3.05, 3.63) is 64.0 Å². The van der Waals surface area contributed by atoms with Crippen molar-refractivity contribution in [2.24, 2.45) is 0 Å². The van der Waals surface area contributed by atoms with Gasteiger partial charge in [0, 0.05) is 30.1 Å². The van der Waals surface area contributed by atoms with Gasteiger partial charge in [0.1, 0.15) is 0 Å². The SMILES string of the molecule is COCCn1c(SC(C)c2nc(-c3cccnc3)no2)nc2cc(Cl)ccc2c1=O. The van der Waals surface area contributed by atoms with Crippen molar-refractivity contribution in [1.29, 1.82) is 0 Å². The van der Waals surface area contributed by atoms with E-state index < -0.39 is 0 Å². The highest BCUT2D eigenvalue weighted by Gasteiger charge is 2.20. The maximum absolute atomic E-state index is 13.0. The summed E-state index contributed by atoms with van der Waals surface area (Å²) in [4.78, 5) is 26.2. The molecule has 0 aliphatic carbocycles. The van der Waals surface area contributed by atoms with Gasteiger partial charge in [-0.05, 0) is 37.3 Å². The van der Waals surface area contributed by atoms with Crippen LogP contribution in [-0.2, 0) is 11.3 Å². The van der Waals surface area contributed by atoms with Crippen molar-refractivity contribution in [3.8, 4) is 11.4 Å². The largest absolute Gasteiger partial charge is 0.383 e. The van der Waals surface area contributed by atoms with Crippen LogP contribution in [0.1, 0.15) is 18.1 Å². The van der Waals surface area contributed by atoms with Crippen molar-refractivity contribution in [2.45, 2.75) is 23.9 Å². The lowest BCUT2D eigenvalue weighted by atomic mass is 10.2. The number of thioether (sulfide) groups is 1. The highest BCUT2D eigenvalue weighted by molar-refractivity contribution is 7.99. The Labute approximate surface area is 181 Å².